The van der Waals surface area contributed by atoms with Crippen molar-refractivity contribution in [3.8, 4) is 0 Å². The van der Waals surface area contributed by atoms with Crippen LogP contribution in [0.15, 0.2) is 6.07 Å². The highest BCUT2D eigenvalue weighted by atomic mass is 19.4. The third kappa shape index (κ3) is 3.23. The molecule has 1 unspecified atom stereocenters. The second kappa shape index (κ2) is 5.27. The Labute approximate surface area is 104 Å². The van der Waals surface area contributed by atoms with Gasteiger partial charge in [0, 0.05) is 18.8 Å². The summed E-state index contributed by atoms with van der Waals surface area (Å²) < 4.78 is 37.1. The van der Waals surface area contributed by atoms with Crippen LogP contribution in [0.4, 0.5) is 13.2 Å². The Morgan fingerprint density at radius 2 is 2.33 bits per heavy atom. The molecule has 0 aliphatic carbocycles. The van der Waals surface area contributed by atoms with Gasteiger partial charge in [0.15, 0.2) is 5.69 Å². The molecule has 0 aromatic carbocycles. The molecule has 18 heavy (non-hydrogen) atoms. The highest BCUT2D eigenvalue weighted by Gasteiger charge is 2.34. The second-order valence-corrected chi connectivity index (χ2v) is 4.72. The number of hydrogen-bond acceptors (Lipinski definition) is 3. The third-order valence-electron chi connectivity index (χ3n) is 3.18. The number of aromatic amines is 1. The SMILES string of the molecule is CNCC1CCN(Cc2cc(C(F)(F)F)n[nH]2)C1. The minimum Gasteiger partial charge on any atom is -0.319 e. The van der Waals surface area contributed by atoms with Crippen LogP contribution in [0, 0.1) is 5.92 Å². The number of likely N-dealkylation sites (tertiary alicyclic amines) is 1. The highest BCUT2D eigenvalue weighted by molar-refractivity contribution is 5.11. The summed E-state index contributed by atoms with van der Waals surface area (Å²) in [7, 11) is 1.91. The Morgan fingerprint density at radius 1 is 1.56 bits per heavy atom. The molecule has 1 aromatic rings. The van der Waals surface area contributed by atoms with Crippen molar-refractivity contribution in [1.82, 2.24) is 20.4 Å². The molecular formula is C11H17F3N4. The summed E-state index contributed by atoms with van der Waals surface area (Å²) in [6.45, 7) is 3.30. The lowest BCUT2D eigenvalue weighted by Crippen LogP contribution is -2.24. The van der Waals surface area contributed by atoms with E-state index in [1.54, 1.807) is 0 Å². The lowest BCUT2D eigenvalue weighted by Gasteiger charge is -2.14. The number of nitrogens with zero attached hydrogens (tertiary/aromatic N) is 2. The monoisotopic (exact) mass is 262 g/mol. The molecule has 1 aromatic heterocycles. The summed E-state index contributed by atoms with van der Waals surface area (Å²) in [5.74, 6) is 0.583. The predicted molar refractivity (Wildman–Crippen MR) is 60.9 cm³/mol. The minimum atomic E-state index is -4.37. The fraction of sp³-hybridized carbons (Fsp3) is 0.727. The number of nitrogens with one attached hydrogen (secondary N) is 2. The number of rotatable bonds is 4. The maximum Gasteiger partial charge on any atom is 0.435 e. The average Bonchev–Trinajstić information content (AvgIpc) is 2.88. The molecule has 4 nitrogen and oxygen atoms in total. The van der Waals surface area contributed by atoms with Crippen LogP contribution in [-0.4, -0.2) is 41.8 Å². The summed E-state index contributed by atoms with van der Waals surface area (Å²) in [4.78, 5) is 2.15. The summed E-state index contributed by atoms with van der Waals surface area (Å²) in [6, 6.07) is 1.09. The Bertz CT molecular complexity index is 388. The van der Waals surface area contributed by atoms with Crippen molar-refractivity contribution < 1.29 is 13.2 Å². The topological polar surface area (TPSA) is 44.0 Å². The van der Waals surface area contributed by atoms with Crippen LogP contribution in [0.1, 0.15) is 17.8 Å². The largest absolute Gasteiger partial charge is 0.435 e. The molecule has 102 valence electrons. The molecule has 1 saturated heterocycles. The minimum absolute atomic E-state index is 0.503. The van der Waals surface area contributed by atoms with Crippen molar-refractivity contribution in [3.05, 3.63) is 17.5 Å². The van der Waals surface area contributed by atoms with Gasteiger partial charge in [-0.05, 0) is 38.5 Å². The van der Waals surface area contributed by atoms with Crippen LogP contribution in [0.25, 0.3) is 0 Å². The summed E-state index contributed by atoms with van der Waals surface area (Å²) in [5.41, 5.74) is -0.323. The molecule has 0 amide bonds. The quantitative estimate of drug-likeness (QED) is 0.863. The van der Waals surface area contributed by atoms with E-state index >= 15 is 0 Å². The van der Waals surface area contributed by atoms with E-state index in [0.29, 0.717) is 18.2 Å². The molecule has 0 bridgehead atoms. The normalized spacial score (nSPS) is 21.7. The maximum absolute atomic E-state index is 12.4. The Morgan fingerprint density at radius 3 is 2.94 bits per heavy atom. The summed E-state index contributed by atoms with van der Waals surface area (Å²) in [6.07, 6.45) is -3.28. The zero-order valence-electron chi connectivity index (χ0n) is 10.2. The molecule has 1 aliphatic heterocycles. The zero-order valence-corrected chi connectivity index (χ0v) is 10.2. The van der Waals surface area contributed by atoms with Crippen molar-refractivity contribution in [2.75, 3.05) is 26.7 Å². The standard InChI is InChI=1S/C11H17F3N4/c1-15-5-8-2-3-18(6-8)7-9-4-10(17-16-9)11(12,13)14/h4,8,15H,2-3,5-7H2,1H3,(H,16,17). The van der Waals surface area contributed by atoms with E-state index in [4.69, 9.17) is 0 Å². The van der Waals surface area contributed by atoms with Crippen molar-refractivity contribution in [2.45, 2.75) is 19.1 Å². The average molecular weight is 262 g/mol. The number of alkyl halides is 3. The Balaban J connectivity index is 1.89. The van der Waals surface area contributed by atoms with Crippen LogP contribution >= 0.6 is 0 Å². The number of H-pyrrole nitrogens is 1. The fourth-order valence-corrected chi connectivity index (χ4v) is 2.34. The van der Waals surface area contributed by atoms with Crippen molar-refractivity contribution in [1.29, 1.82) is 0 Å². The van der Waals surface area contributed by atoms with Gasteiger partial charge in [-0.3, -0.25) is 10.00 Å². The van der Waals surface area contributed by atoms with Crippen LogP contribution < -0.4 is 5.32 Å². The smallest absolute Gasteiger partial charge is 0.319 e. The Kier molecular flexibility index (Phi) is 3.91. The lowest BCUT2D eigenvalue weighted by molar-refractivity contribution is -0.141. The van der Waals surface area contributed by atoms with E-state index in [1.165, 1.54) is 0 Å². The van der Waals surface area contributed by atoms with Gasteiger partial charge in [-0.1, -0.05) is 0 Å². The molecule has 0 saturated carbocycles. The molecule has 2 rings (SSSR count). The number of hydrogen-bond donors (Lipinski definition) is 2. The second-order valence-electron chi connectivity index (χ2n) is 4.72. The van der Waals surface area contributed by atoms with Crippen molar-refractivity contribution >= 4 is 0 Å². The molecular weight excluding hydrogens is 245 g/mol. The van der Waals surface area contributed by atoms with Gasteiger partial charge in [0.05, 0.1) is 0 Å². The lowest BCUT2D eigenvalue weighted by atomic mass is 10.1. The van der Waals surface area contributed by atoms with E-state index in [9.17, 15) is 13.2 Å². The molecule has 1 aliphatic rings. The first-order chi connectivity index (χ1) is 8.49. The van der Waals surface area contributed by atoms with Gasteiger partial charge < -0.3 is 5.32 Å². The first kappa shape index (κ1) is 13.4. The molecule has 0 spiro atoms. The molecule has 2 heterocycles. The van der Waals surface area contributed by atoms with E-state index in [0.717, 1.165) is 32.1 Å². The fourth-order valence-electron chi connectivity index (χ4n) is 2.34. The van der Waals surface area contributed by atoms with Gasteiger partial charge in [0.25, 0.3) is 0 Å². The van der Waals surface area contributed by atoms with E-state index in [-0.39, 0.29) is 0 Å². The van der Waals surface area contributed by atoms with Crippen LogP contribution in [0.3, 0.4) is 0 Å². The molecule has 7 heteroatoms. The zero-order chi connectivity index (χ0) is 13.2. The van der Waals surface area contributed by atoms with Gasteiger partial charge in [-0.15, -0.1) is 0 Å². The molecule has 2 N–H and O–H groups in total. The van der Waals surface area contributed by atoms with E-state index in [1.807, 2.05) is 7.05 Å². The number of halogens is 3. The summed E-state index contributed by atoms with van der Waals surface area (Å²) >= 11 is 0. The summed E-state index contributed by atoms with van der Waals surface area (Å²) in [5, 5.41) is 8.88. The third-order valence-corrected chi connectivity index (χ3v) is 3.18. The van der Waals surface area contributed by atoms with Crippen LogP contribution in [0.5, 0.6) is 0 Å². The van der Waals surface area contributed by atoms with Crippen molar-refractivity contribution in [3.63, 3.8) is 0 Å². The van der Waals surface area contributed by atoms with Crippen LogP contribution in [0.2, 0.25) is 0 Å². The Hall–Kier alpha value is -1.08. The van der Waals surface area contributed by atoms with Crippen molar-refractivity contribution in [2.24, 2.45) is 5.92 Å². The highest BCUT2D eigenvalue weighted by Crippen LogP contribution is 2.28. The van der Waals surface area contributed by atoms with Gasteiger partial charge >= 0.3 is 6.18 Å². The predicted octanol–water partition coefficient (Wildman–Crippen LogP) is 1.47. The van der Waals surface area contributed by atoms with E-state index in [2.05, 4.69) is 20.4 Å². The number of aromatic nitrogens is 2. The van der Waals surface area contributed by atoms with Gasteiger partial charge in [0.1, 0.15) is 0 Å². The molecule has 1 atom stereocenters. The molecule has 1 fully saturated rings. The molecule has 0 radical (unpaired) electrons. The van der Waals surface area contributed by atoms with Gasteiger partial charge in [-0.2, -0.15) is 18.3 Å². The first-order valence-electron chi connectivity index (χ1n) is 5.97. The van der Waals surface area contributed by atoms with E-state index < -0.39 is 11.9 Å². The maximum atomic E-state index is 12.4. The van der Waals surface area contributed by atoms with Gasteiger partial charge in [-0.25, -0.2) is 0 Å². The van der Waals surface area contributed by atoms with Gasteiger partial charge in [0.2, 0.25) is 0 Å². The van der Waals surface area contributed by atoms with Crippen LogP contribution in [-0.2, 0) is 12.7 Å². The first-order valence-corrected chi connectivity index (χ1v) is 5.97.